The fraction of sp³-hybridized carbons (Fsp3) is 0.440. The van der Waals surface area contributed by atoms with Crippen molar-refractivity contribution < 1.29 is 47.8 Å². The van der Waals surface area contributed by atoms with Gasteiger partial charge in [-0.3, -0.25) is 0 Å². The molecule has 0 aromatic heterocycles. The van der Waals surface area contributed by atoms with Crippen LogP contribution in [0.25, 0.3) is 0 Å². The zero-order valence-corrected chi connectivity index (χ0v) is 18.9. The van der Waals surface area contributed by atoms with Gasteiger partial charge >= 0.3 is 24.8 Å². The van der Waals surface area contributed by atoms with E-state index < -0.39 is 22.8 Å². The Kier molecular flexibility index (Phi) is 5.38. The second-order valence-corrected chi connectivity index (χ2v) is 9.19. The second kappa shape index (κ2) is 7.46. The first-order chi connectivity index (χ1) is 14.7. The van der Waals surface area contributed by atoms with Gasteiger partial charge in [-0.15, -0.1) is 0 Å². The van der Waals surface area contributed by atoms with Gasteiger partial charge in [-0.25, -0.2) is 4.79 Å². The van der Waals surface area contributed by atoms with Gasteiger partial charge < -0.3 is 24.1 Å². The van der Waals surface area contributed by atoms with Gasteiger partial charge in [0.2, 0.25) is 0 Å². The number of aliphatic carboxylic acids is 1. The molecule has 4 atom stereocenters. The zero-order valence-electron chi connectivity index (χ0n) is 18.9. The van der Waals surface area contributed by atoms with Crippen LogP contribution in [0.15, 0.2) is 48.5 Å². The van der Waals surface area contributed by atoms with Crippen molar-refractivity contribution in [2.75, 3.05) is 7.11 Å². The summed E-state index contributed by atoms with van der Waals surface area (Å²) in [5.41, 5.74) is 1.11. The summed E-state index contributed by atoms with van der Waals surface area (Å²) >= 11 is 0. The van der Waals surface area contributed by atoms with E-state index >= 15 is 0 Å². The molecule has 4 bridgehead atoms. The number of benzene rings is 2. The van der Waals surface area contributed by atoms with Gasteiger partial charge in [0.15, 0.2) is 5.60 Å². The third-order valence-electron chi connectivity index (χ3n) is 7.42. The van der Waals surface area contributed by atoms with E-state index in [0.717, 1.165) is 35.1 Å². The summed E-state index contributed by atoms with van der Waals surface area (Å²) in [6.45, 7) is 3.99. The smallest absolute Gasteiger partial charge is 0.547 e. The number of carbonyl (C=O) groups is 2. The maximum Gasteiger partial charge on any atom is 1.00 e. The number of carbonyl (C=O) groups excluding carboxylic acids is 2. The summed E-state index contributed by atoms with van der Waals surface area (Å²) < 4.78 is 16.6. The first-order valence-corrected chi connectivity index (χ1v) is 10.6. The van der Waals surface area contributed by atoms with Crippen LogP contribution < -0.4 is 24.0 Å². The first kappa shape index (κ1) is 23.1. The fourth-order valence-corrected chi connectivity index (χ4v) is 5.83. The molecule has 162 valence electrons. The van der Waals surface area contributed by atoms with E-state index in [1.54, 1.807) is 0 Å². The molecule has 4 heterocycles. The SMILES string of the molecule is COC(=O)[C@]12CC[C@](C)(O1)c1ccccc12.C[C@@]12CC[C@@](C(=O)[O-])(O1)c1ccccc12.[Li+]. The molecule has 4 aliphatic heterocycles. The van der Waals surface area contributed by atoms with Crippen LogP contribution in [0.3, 0.4) is 0 Å². The van der Waals surface area contributed by atoms with Crippen molar-refractivity contribution in [3.05, 3.63) is 70.8 Å². The van der Waals surface area contributed by atoms with Crippen molar-refractivity contribution in [2.24, 2.45) is 0 Å². The minimum Gasteiger partial charge on any atom is -0.547 e. The van der Waals surface area contributed by atoms with Crippen molar-refractivity contribution >= 4 is 11.9 Å². The molecule has 32 heavy (non-hydrogen) atoms. The van der Waals surface area contributed by atoms with Gasteiger partial charge in [0.05, 0.1) is 24.3 Å². The zero-order chi connectivity index (χ0) is 22.1. The Morgan fingerprint density at radius 2 is 1.19 bits per heavy atom. The van der Waals surface area contributed by atoms with E-state index in [2.05, 4.69) is 0 Å². The van der Waals surface area contributed by atoms with E-state index in [0.29, 0.717) is 12.8 Å². The average molecular weight is 428 g/mol. The van der Waals surface area contributed by atoms with Gasteiger partial charge in [-0.1, -0.05) is 48.5 Å². The number of rotatable bonds is 2. The molecule has 0 amide bonds. The fourth-order valence-electron chi connectivity index (χ4n) is 5.83. The molecule has 0 saturated carbocycles. The number of hydrogen-bond donors (Lipinski definition) is 0. The third-order valence-corrected chi connectivity index (χ3v) is 7.42. The quantitative estimate of drug-likeness (QED) is 0.485. The Morgan fingerprint density at radius 3 is 1.66 bits per heavy atom. The van der Waals surface area contributed by atoms with E-state index in [1.165, 1.54) is 7.11 Å². The Morgan fingerprint density at radius 1 is 0.781 bits per heavy atom. The summed E-state index contributed by atoms with van der Waals surface area (Å²) in [4.78, 5) is 23.2. The Hall–Kier alpha value is -2.10. The number of hydrogen-bond acceptors (Lipinski definition) is 6. The molecule has 6 rings (SSSR count). The molecule has 2 aromatic carbocycles. The molecule has 2 fully saturated rings. The normalized spacial score (nSPS) is 34.6. The Bertz CT molecular complexity index is 1100. The van der Waals surface area contributed by atoms with E-state index in [-0.39, 0.29) is 30.4 Å². The molecule has 7 heteroatoms. The van der Waals surface area contributed by atoms with Crippen molar-refractivity contribution in [3.8, 4) is 0 Å². The van der Waals surface area contributed by atoms with Crippen molar-refractivity contribution in [3.63, 3.8) is 0 Å². The largest absolute Gasteiger partial charge is 1.00 e. The molecule has 0 spiro atoms. The van der Waals surface area contributed by atoms with Crippen LogP contribution in [0.4, 0.5) is 0 Å². The molecule has 2 aromatic rings. The van der Waals surface area contributed by atoms with Gasteiger partial charge in [-0.2, -0.15) is 0 Å². The Balaban J connectivity index is 0.000000149. The summed E-state index contributed by atoms with van der Waals surface area (Å²) in [5, 5.41) is 11.3. The van der Waals surface area contributed by atoms with Crippen LogP contribution in [0.2, 0.25) is 0 Å². The van der Waals surface area contributed by atoms with Crippen LogP contribution in [-0.4, -0.2) is 19.0 Å². The molecule has 0 unspecified atom stereocenters. The number of carboxylic acid groups (broad SMARTS) is 1. The number of ether oxygens (including phenoxy) is 3. The molecule has 6 nitrogen and oxygen atoms in total. The second-order valence-electron chi connectivity index (χ2n) is 9.19. The number of fused-ring (bicyclic) bond motifs is 10. The van der Waals surface area contributed by atoms with Crippen LogP contribution in [0, 0.1) is 0 Å². The number of esters is 1. The van der Waals surface area contributed by atoms with Crippen LogP contribution in [0.5, 0.6) is 0 Å². The molecule has 0 N–H and O–H groups in total. The van der Waals surface area contributed by atoms with Crippen LogP contribution in [0.1, 0.15) is 61.8 Å². The minimum atomic E-state index is -1.19. The maximum atomic E-state index is 12.0. The van der Waals surface area contributed by atoms with Crippen LogP contribution in [-0.2, 0) is 46.2 Å². The van der Waals surface area contributed by atoms with Gasteiger partial charge in [0.25, 0.3) is 0 Å². The Labute approximate surface area is 199 Å². The standard InChI is InChI=1S/C13H14O3.C12H12O3.Li/c1-12-7-8-13(16-12,11(14)15-2)10-6-4-3-5-9(10)12;1-11-6-7-12(15-11,10(13)14)9-5-3-2-4-8(9)11;/h3-6H,7-8H2,1-2H3;2-5H,6-7H2,1H3,(H,13,14);/q;;+1/p-1/t12-,13+;11-,12+;/m00./s1. The minimum absolute atomic E-state index is 0. The predicted octanol–water partition coefficient (Wildman–Crippen LogP) is -0.231. The summed E-state index contributed by atoms with van der Waals surface area (Å²) in [6, 6.07) is 15.5. The molecular weight excluding hydrogens is 403 g/mol. The maximum absolute atomic E-state index is 12.0. The van der Waals surface area contributed by atoms with E-state index in [1.807, 2.05) is 62.4 Å². The van der Waals surface area contributed by atoms with E-state index in [4.69, 9.17) is 14.2 Å². The topological polar surface area (TPSA) is 84.9 Å². The molecular formula is C25H25LiO6. The summed E-state index contributed by atoms with van der Waals surface area (Å²) in [5.74, 6) is -1.39. The molecule has 0 aliphatic carbocycles. The third kappa shape index (κ3) is 2.87. The monoisotopic (exact) mass is 428 g/mol. The first-order valence-electron chi connectivity index (χ1n) is 10.6. The average Bonchev–Trinajstić information content (AvgIpc) is 3.48. The number of methoxy groups -OCH3 is 1. The van der Waals surface area contributed by atoms with Gasteiger partial charge in [0, 0.05) is 5.56 Å². The van der Waals surface area contributed by atoms with Crippen molar-refractivity contribution in [1.29, 1.82) is 0 Å². The van der Waals surface area contributed by atoms with Gasteiger partial charge in [-0.05, 0) is 56.2 Å². The van der Waals surface area contributed by atoms with Crippen LogP contribution >= 0.6 is 0 Å². The van der Waals surface area contributed by atoms with E-state index in [9.17, 15) is 14.7 Å². The molecule has 0 radical (unpaired) electrons. The van der Waals surface area contributed by atoms with Gasteiger partial charge in [0.1, 0.15) is 5.60 Å². The number of carboxylic acids is 1. The van der Waals surface area contributed by atoms with Crippen molar-refractivity contribution in [1.82, 2.24) is 0 Å². The molecule has 2 saturated heterocycles. The molecule has 4 aliphatic rings. The predicted molar refractivity (Wildman–Crippen MR) is 109 cm³/mol. The summed E-state index contributed by atoms with van der Waals surface area (Å²) in [7, 11) is 1.41. The summed E-state index contributed by atoms with van der Waals surface area (Å²) in [6.07, 6.45) is 2.85. The van der Waals surface area contributed by atoms with Crippen molar-refractivity contribution in [2.45, 2.75) is 61.9 Å².